The molecule has 1 aliphatic rings. The first-order valence-corrected chi connectivity index (χ1v) is 10.4. The van der Waals surface area contributed by atoms with Crippen LogP contribution in [-0.4, -0.2) is 41.1 Å². The van der Waals surface area contributed by atoms with Crippen LogP contribution in [0, 0.1) is 0 Å². The van der Waals surface area contributed by atoms with Crippen LogP contribution < -0.4 is 20.7 Å². The number of benzene rings is 2. The predicted molar refractivity (Wildman–Crippen MR) is 118 cm³/mol. The van der Waals surface area contributed by atoms with Gasteiger partial charge in [-0.05, 0) is 70.1 Å². The molecule has 4 rings (SSSR count). The lowest BCUT2D eigenvalue weighted by atomic mass is 10.1. The van der Waals surface area contributed by atoms with Gasteiger partial charge in [0.15, 0.2) is 0 Å². The lowest BCUT2D eigenvalue weighted by molar-refractivity contribution is 0.0943. The van der Waals surface area contributed by atoms with E-state index < -0.39 is 0 Å². The molecule has 2 aromatic carbocycles. The number of piperidine rings is 1. The van der Waals surface area contributed by atoms with E-state index in [1.54, 1.807) is 18.3 Å². The summed E-state index contributed by atoms with van der Waals surface area (Å²) in [5.41, 5.74) is 2.22. The molecule has 2 heterocycles. The van der Waals surface area contributed by atoms with E-state index in [0.29, 0.717) is 11.5 Å². The minimum absolute atomic E-state index is 0.0850. The van der Waals surface area contributed by atoms with Crippen molar-refractivity contribution < 1.29 is 9.53 Å². The number of amides is 1. The number of fused-ring (bicyclic) bond motifs is 1. The van der Waals surface area contributed by atoms with Gasteiger partial charge in [-0.2, -0.15) is 0 Å². The van der Waals surface area contributed by atoms with Crippen molar-refractivity contribution in [1.82, 2.24) is 20.6 Å². The highest BCUT2D eigenvalue weighted by Crippen LogP contribution is 2.27. The Morgan fingerprint density at radius 1 is 1.13 bits per heavy atom. The zero-order chi connectivity index (χ0) is 20.9. The zero-order valence-electron chi connectivity index (χ0n) is 17.3. The van der Waals surface area contributed by atoms with Gasteiger partial charge in [0.2, 0.25) is 5.95 Å². The number of nitrogens with one attached hydrogen (secondary N) is 3. The minimum Gasteiger partial charge on any atom is -0.488 e. The summed E-state index contributed by atoms with van der Waals surface area (Å²) in [5.74, 6) is 1.19. The maximum Gasteiger partial charge on any atom is 0.251 e. The molecular formula is C23H27N5O2. The van der Waals surface area contributed by atoms with Crippen molar-refractivity contribution in [2.45, 2.75) is 38.8 Å². The van der Waals surface area contributed by atoms with Crippen LogP contribution >= 0.6 is 0 Å². The highest BCUT2D eigenvalue weighted by Gasteiger charge is 2.16. The molecule has 1 aromatic heterocycles. The van der Waals surface area contributed by atoms with Crippen LogP contribution in [0.4, 0.5) is 11.6 Å². The summed E-state index contributed by atoms with van der Waals surface area (Å²) < 4.78 is 6.24. The summed E-state index contributed by atoms with van der Waals surface area (Å²) in [6.07, 6.45) is 3.98. The third-order valence-corrected chi connectivity index (χ3v) is 4.98. The van der Waals surface area contributed by atoms with Crippen LogP contribution in [0.25, 0.3) is 10.9 Å². The fourth-order valence-electron chi connectivity index (χ4n) is 3.46. The summed E-state index contributed by atoms with van der Waals surface area (Å²) in [4.78, 5) is 21.2. The van der Waals surface area contributed by atoms with Crippen molar-refractivity contribution in [2.75, 3.05) is 18.4 Å². The highest BCUT2D eigenvalue weighted by molar-refractivity contribution is 5.94. The van der Waals surface area contributed by atoms with Crippen molar-refractivity contribution in [3.8, 4) is 5.75 Å². The number of hydrogen-bond donors (Lipinski definition) is 3. The van der Waals surface area contributed by atoms with E-state index in [1.807, 2.05) is 44.2 Å². The second-order valence-electron chi connectivity index (χ2n) is 7.79. The second-order valence-corrected chi connectivity index (χ2v) is 7.79. The third kappa shape index (κ3) is 4.86. The molecule has 7 nitrogen and oxygen atoms in total. The van der Waals surface area contributed by atoms with Crippen molar-refractivity contribution >= 4 is 28.4 Å². The Labute approximate surface area is 176 Å². The Kier molecular flexibility index (Phi) is 6.09. The molecule has 0 saturated carbocycles. The fraction of sp³-hybridized carbons (Fsp3) is 0.348. The quantitative estimate of drug-likeness (QED) is 0.580. The van der Waals surface area contributed by atoms with Gasteiger partial charge in [0, 0.05) is 28.9 Å². The van der Waals surface area contributed by atoms with Gasteiger partial charge < -0.3 is 20.7 Å². The van der Waals surface area contributed by atoms with Crippen molar-refractivity contribution in [2.24, 2.45) is 0 Å². The summed E-state index contributed by atoms with van der Waals surface area (Å²) in [6.45, 7) is 5.83. The van der Waals surface area contributed by atoms with Gasteiger partial charge in [0.1, 0.15) is 17.4 Å². The average molecular weight is 406 g/mol. The van der Waals surface area contributed by atoms with Gasteiger partial charge >= 0.3 is 0 Å². The van der Waals surface area contributed by atoms with Crippen LogP contribution in [0.3, 0.4) is 0 Å². The van der Waals surface area contributed by atoms with Crippen LogP contribution in [0.2, 0.25) is 0 Å². The molecule has 0 aliphatic carbocycles. The molecule has 0 spiro atoms. The standard InChI is InChI=1S/C23H27N5O2/c1-15(2)26-22(29)16-6-8-18(9-7-16)27-23-25-14-17-4-3-5-20(21(17)28-23)30-19-10-12-24-13-11-19/h3-9,14-15,19,24H,10-13H2,1-2H3,(H,26,29)(H,25,27,28). The molecule has 3 aromatic rings. The van der Waals surface area contributed by atoms with E-state index in [4.69, 9.17) is 9.72 Å². The first-order valence-electron chi connectivity index (χ1n) is 10.4. The molecule has 1 saturated heterocycles. The van der Waals surface area contributed by atoms with Crippen LogP contribution in [0.1, 0.15) is 37.0 Å². The number of rotatable bonds is 6. The van der Waals surface area contributed by atoms with E-state index in [2.05, 4.69) is 20.9 Å². The molecule has 30 heavy (non-hydrogen) atoms. The largest absolute Gasteiger partial charge is 0.488 e. The number of carbonyl (C=O) groups excluding carboxylic acids is 1. The number of para-hydroxylation sites is 1. The molecule has 0 unspecified atom stereocenters. The minimum atomic E-state index is -0.0850. The molecule has 0 bridgehead atoms. The Balaban J connectivity index is 1.51. The van der Waals surface area contributed by atoms with Gasteiger partial charge in [-0.25, -0.2) is 9.97 Å². The maximum absolute atomic E-state index is 12.1. The van der Waals surface area contributed by atoms with Crippen molar-refractivity contribution in [3.05, 3.63) is 54.2 Å². The third-order valence-electron chi connectivity index (χ3n) is 4.98. The Morgan fingerprint density at radius 2 is 1.90 bits per heavy atom. The monoisotopic (exact) mass is 405 g/mol. The Bertz CT molecular complexity index is 1010. The molecule has 0 atom stereocenters. The van der Waals surface area contributed by atoms with Crippen LogP contribution in [-0.2, 0) is 0 Å². The number of aromatic nitrogens is 2. The van der Waals surface area contributed by atoms with E-state index in [-0.39, 0.29) is 18.1 Å². The lowest BCUT2D eigenvalue weighted by Crippen LogP contribution is -2.34. The Hall–Kier alpha value is -3.19. The van der Waals surface area contributed by atoms with Crippen LogP contribution in [0.5, 0.6) is 5.75 Å². The number of anilines is 2. The number of hydrogen-bond acceptors (Lipinski definition) is 6. The number of carbonyl (C=O) groups is 1. The van der Waals surface area contributed by atoms with Crippen LogP contribution in [0.15, 0.2) is 48.7 Å². The second kappa shape index (κ2) is 9.09. The molecular weight excluding hydrogens is 378 g/mol. The summed E-state index contributed by atoms with van der Waals surface area (Å²) in [5, 5.41) is 10.4. The molecule has 7 heteroatoms. The van der Waals surface area contributed by atoms with Gasteiger partial charge in [0.05, 0.1) is 0 Å². The fourth-order valence-corrected chi connectivity index (χ4v) is 3.46. The van der Waals surface area contributed by atoms with E-state index in [1.165, 1.54) is 0 Å². The van der Waals surface area contributed by atoms with E-state index in [0.717, 1.165) is 48.3 Å². The van der Waals surface area contributed by atoms with E-state index in [9.17, 15) is 4.79 Å². The zero-order valence-corrected chi connectivity index (χ0v) is 17.3. The first-order chi connectivity index (χ1) is 14.6. The Morgan fingerprint density at radius 3 is 2.63 bits per heavy atom. The molecule has 1 aliphatic heterocycles. The summed E-state index contributed by atoms with van der Waals surface area (Å²) in [7, 11) is 0. The van der Waals surface area contributed by atoms with Gasteiger partial charge in [-0.3, -0.25) is 4.79 Å². The molecule has 0 radical (unpaired) electrons. The highest BCUT2D eigenvalue weighted by atomic mass is 16.5. The smallest absolute Gasteiger partial charge is 0.251 e. The first kappa shape index (κ1) is 20.1. The number of ether oxygens (including phenoxy) is 1. The molecule has 3 N–H and O–H groups in total. The van der Waals surface area contributed by atoms with Gasteiger partial charge in [0.25, 0.3) is 5.91 Å². The van der Waals surface area contributed by atoms with E-state index >= 15 is 0 Å². The van der Waals surface area contributed by atoms with Gasteiger partial charge in [-0.1, -0.05) is 12.1 Å². The number of nitrogens with zero attached hydrogens (tertiary/aromatic N) is 2. The van der Waals surface area contributed by atoms with Crippen molar-refractivity contribution in [3.63, 3.8) is 0 Å². The predicted octanol–water partition coefficient (Wildman–Crippen LogP) is 3.64. The van der Waals surface area contributed by atoms with Gasteiger partial charge in [-0.15, -0.1) is 0 Å². The average Bonchev–Trinajstić information content (AvgIpc) is 2.75. The molecule has 1 fully saturated rings. The maximum atomic E-state index is 12.1. The molecule has 1 amide bonds. The summed E-state index contributed by atoms with van der Waals surface area (Å²) in [6, 6.07) is 13.3. The summed E-state index contributed by atoms with van der Waals surface area (Å²) >= 11 is 0. The van der Waals surface area contributed by atoms with Crippen molar-refractivity contribution in [1.29, 1.82) is 0 Å². The molecule has 156 valence electrons. The topological polar surface area (TPSA) is 88.2 Å². The SMILES string of the molecule is CC(C)NC(=O)c1ccc(Nc2ncc3cccc(OC4CCNCC4)c3n2)cc1. The lowest BCUT2D eigenvalue weighted by Gasteiger charge is -2.24. The normalized spacial score (nSPS) is 14.6.